The summed E-state index contributed by atoms with van der Waals surface area (Å²) in [7, 11) is 0. The molecule has 0 saturated heterocycles. The Kier molecular flexibility index (Phi) is 2.89. The van der Waals surface area contributed by atoms with Crippen LogP contribution in [0.2, 0.25) is 0 Å². The summed E-state index contributed by atoms with van der Waals surface area (Å²) in [6.45, 7) is 0.172. The van der Waals surface area contributed by atoms with Crippen molar-refractivity contribution in [2.24, 2.45) is 5.73 Å². The molecule has 2 N–H and O–H groups in total. The Morgan fingerprint density at radius 2 is 2.06 bits per heavy atom. The molecule has 90 valence electrons. The number of hydrogen-bond donors (Lipinski definition) is 1. The number of rotatable bonds is 2. The molecule has 0 fully saturated rings. The van der Waals surface area contributed by atoms with Gasteiger partial charge in [-0.15, -0.1) is 0 Å². The highest BCUT2D eigenvalue weighted by Gasteiger charge is 2.31. The van der Waals surface area contributed by atoms with Crippen molar-refractivity contribution in [1.29, 1.82) is 0 Å². The van der Waals surface area contributed by atoms with Gasteiger partial charge < -0.3 is 10.3 Å². The fraction of sp³-hybridized carbons (Fsp3) is 0.182. The lowest BCUT2D eigenvalue weighted by atomic mass is 10.1. The molecule has 0 amide bonds. The summed E-state index contributed by atoms with van der Waals surface area (Å²) < 4.78 is 39.3. The van der Waals surface area contributed by atoms with Crippen molar-refractivity contribution in [3.8, 4) is 5.69 Å². The van der Waals surface area contributed by atoms with Crippen LogP contribution >= 0.6 is 0 Å². The molecular weight excluding hydrogens is 231 g/mol. The molecule has 0 aliphatic carbocycles. The Labute approximate surface area is 95.7 Å². The van der Waals surface area contributed by atoms with Crippen molar-refractivity contribution in [3.05, 3.63) is 48.0 Å². The van der Waals surface area contributed by atoms with Gasteiger partial charge in [0.2, 0.25) is 0 Å². The predicted octanol–water partition coefficient (Wildman–Crippen LogP) is 2.35. The molecule has 0 bridgehead atoms. The van der Waals surface area contributed by atoms with Crippen LogP contribution in [-0.2, 0) is 12.7 Å². The van der Waals surface area contributed by atoms with Gasteiger partial charge in [0.1, 0.15) is 0 Å². The van der Waals surface area contributed by atoms with Gasteiger partial charge in [0.25, 0.3) is 0 Å². The molecule has 0 aliphatic rings. The van der Waals surface area contributed by atoms with E-state index in [0.29, 0.717) is 11.3 Å². The van der Waals surface area contributed by atoms with Crippen molar-refractivity contribution in [1.82, 2.24) is 9.55 Å². The number of alkyl halides is 3. The van der Waals surface area contributed by atoms with Crippen LogP contribution in [0.3, 0.4) is 0 Å². The first-order valence-electron chi connectivity index (χ1n) is 4.91. The first-order valence-corrected chi connectivity index (χ1v) is 4.91. The van der Waals surface area contributed by atoms with Crippen LogP contribution in [0.5, 0.6) is 0 Å². The SMILES string of the molecule is NCc1ccc(C(F)(F)F)cc1-n1ccnc1. The number of benzene rings is 1. The maximum atomic E-state index is 12.6. The molecule has 3 nitrogen and oxygen atoms in total. The van der Waals surface area contributed by atoms with Gasteiger partial charge in [0.05, 0.1) is 17.6 Å². The molecule has 1 aromatic carbocycles. The van der Waals surface area contributed by atoms with Gasteiger partial charge >= 0.3 is 6.18 Å². The number of hydrogen-bond acceptors (Lipinski definition) is 2. The Morgan fingerprint density at radius 3 is 2.59 bits per heavy atom. The zero-order chi connectivity index (χ0) is 12.5. The first-order chi connectivity index (χ1) is 8.02. The minimum absolute atomic E-state index is 0.172. The number of nitrogens with two attached hydrogens (primary N) is 1. The van der Waals surface area contributed by atoms with Gasteiger partial charge in [-0.3, -0.25) is 0 Å². The smallest absolute Gasteiger partial charge is 0.326 e. The van der Waals surface area contributed by atoms with E-state index in [1.165, 1.54) is 23.2 Å². The fourth-order valence-corrected chi connectivity index (χ4v) is 1.55. The average Bonchev–Trinajstić information content (AvgIpc) is 2.80. The van der Waals surface area contributed by atoms with Crippen molar-refractivity contribution in [2.75, 3.05) is 0 Å². The number of halogens is 3. The van der Waals surface area contributed by atoms with Gasteiger partial charge in [-0.1, -0.05) is 6.07 Å². The van der Waals surface area contributed by atoms with E-state index in [-0.39, 0.29) is 6.54 Å². The monoisotopic (exact) mass is 241 g/mol. The molecule has 2 aromatic rings. The summed E-state index contributed by atoms with van der Waals surface area (Å²) >= 11 is 0. The second kappa shape index (κ2) is 4.21. The van der Waals surface area contributed by atoms with E-state index >= 15 is 0 Å². The molecule has 1 aromatic heterocycles. The highest BCUT2D eigenvalue weighted by atomic mass is 19.4. The highest BCUT2D eigenvalue weighted by molar-refractivity contribution is 5.44. The fourth-order valence-electron chi connectivity index (χ4n) is 1.55. The van der Waals surface area contributed by atoms with Gasteiger partial charge in [-0.05, 0) is 17.7 Å². The van der Waals surface area contributed by atoms with Gasteiger partial charge in [0.15, 0.2) is 0 Å². The molecular formula is C11H10F3N3. The standard InChI is InChI=1S/C11H10F3N3/c12-11(13,14)9-2-1-8(6-15)10(5-9)17-4-3-16-7-17/h1-5,7H,6,15H2. The minimum atomic E-state index is -4.36. The van der Waals surface area contributed by atoms with Crippen LogP contribution in [-0.4, -0.2) is 9.55 Å². The van der Waals surface area contributed by atoms with Crippen molar-refractivity contribution in [3.63, 3.8) is 0 Å². The number of nitrogens with zero attached hydrogens (tertiary/aromatic N) is 2. The van der Waals surface area contributed by atoms with E-state index in [2.05, 4.69) is 4.98 Å². The lowest BCUT2D eigenvalue weighted by Gasteiger charge is -2.13. The molecule has 17 heavy (non-hydrogen) atoms. The van der Waals surface area contributed by atoms with E-state index in [9.17, 15) is 13.2 Å². The van der Waals surface area contributed by atoms with Gasteiger partial charge in [-0.2, -0.15) is 13.2 Å². The number of aromatic nitrogens is 2. The second-order valence-electron chi connectivity index (χ2n) is 3.52. The zero-order valence-corrected chi connectivity index (χ0v) is 8.78. The van der Waals surface area contributed by atoms with Crippen molar-refractivity contribution in [2.45, 2.75) is 12.7 Å². The van der Waals surface area contributed by atoms with E-state index < -0.39 is 11.7 Å². The molecule has 0 saturated carbocycles. The second-order valence-corrected chi connectivity index (χ2v) is 3.52. The van der Waals surface area contributed by atoms with Crippen molar-refractivity contribution < 1.29 is 13.2 Å². The van der Waals surface area contributed by atoms with E-state index in [4.69, 9.17) is 5.73 Å². The summed E-state index contributed by atoms with van der Waals surface area (Å²) in [5.74, 6) is 0. The molecule has 0 atom stereocenters. The Bertz CT molecular complexity index is 503. The van der Waals surface area contributed by atoms with Crippen LogP contribution in [0.4, 0.5) is 13.2 Å². The average molecular weight is 241 g/mol. The Hall–Kier alpha value is -1.82. The van der Waals surface area contributed by atoms with E-state index in [1.54, 1.807) is 6.20 Å². The predicted molar refractivity (Wildman–Crippen MR) is 56.5 cm³/mol. The summed E-state index contributed by atoms with van der Waals surface area (Å²) in [4.78, 5) is 3.81. The van der Waals surface area contributed by atoms with E-state index in [0.717, 1.165) is 12.1 Å². The topological polar surface area (TPSA) is 43.8 Å². The third kappa shape index (κ3) is 2.31. The third-order valence-electron chi connectivity index (χ3n) is 2.42. The highest BCUT2D eigenvalue weighted by Crippen LogP contribution is 2.31. The summed E-state index contributed by atoms with van der Waals surface area (Å²) in [5.41, 5.74) is 5.84. The largest absolute Gasteiger partial charge is 0.416 e. The van der Waals surface area contributed by atoms with Crippen LogP contribution in [0, 0.1) is 0 Å². The molecule has 2 rings (SSSR count). The zero-order valence-electron chi connectivity index (χ0n) is 8.78. The van der Waals surface area contributed by atoms with Crippen LogP contribution < -0.4 is 5.73 Å². The molecule has 0 aliphatic heterocycles. The van der Waals surface area contributed by atoms with Crippen LogP contribution in [0.1, 0.15) is 11.1 Å². The molecule has 0 radical (unpaired) electrons. The van der Waals surface area contributed by atoms with Crippen LogP contribution in [0.15, 0.2) is 36.9 Å². The summed E-state index contributed by atoms with van der Waals surface area (Å²) in [6.07, 6.45) is 0.159. The Balaban J connectivity index is 2.55. The maximum absolute atomic E-state index is 12.6. The lowest BCUT2D eigenvalue weighted by Crippen LogP contribution is -2.09. The van der Waals surface area contributed by atoms with E-state index in [1.807, 2.05) is 0 Å². The Morgan fingerprint density at radius 1 is 1.29 bits per heavy atom. The molecule has 0 spiro atoms. The maximum Gasteiger partial charge on any atom is 0.416 e. The number of imidazole rings is 1. The first kappa shape index (κ1) is 11.7. The van der Waals surface area contributed by atoms with Crippen molar-refractivity contribution >= 4 is 0 Å². The quantitative estimate of drug-likeness (QED) is 0.877. The minimum Gasteiger partial charge on any atom is -0.326 e. The summed E-state index contributed by atoms with van der Waals surface area (Å²) in [5, 5.41) is 0. The lowest BCUT2D eigenvalue weighted by molar-refractivity contribution is -0.137. The molecule has 1 heterocycles. The van der Waals surface area contributed by atoms with Gasteiger partial charge in [-0.25, -0.2) is 4.98 Å². The van der Waals surface area contributed by atoms with Crippen LogP contribution in [0.25, 0.3) is 5.69 Å². The summed E-state index contributed by atoms with van der Waals surface area (Å²) in [6, 6.07) is 3.49. The van der Waals surface area contributed by atoms with Gasteiger partial charge in [0, 0.05) is 18.9 Å². The third-order valence-corrected chi connectivity index (χ3v) is 2.42. The molecule has 6 heteroatoms. The normalized spacial score (nSPS) is 11.8. The molecule has 0 unspecified atom stereocenters.